The zero-order chi connectivity index (χ0) is 14.6. The Morgan fingerprint density at radius 1 is 1.37 bits per heavy atom. The van der Waals surface area contributed by atoms with E-state index in [0.717, 1.165) is 5.69 Å². The highest BCUT2D eigenvalue weighted by Crippen LogP contribution is 2.25. The molecular weight excluding hydrogens is 240 g/mol. The van der Waals surface area contributed by atoms with Crippen LogP contribution in [0.15, 0.2) is 12.5 Å². The highest BCUT2D eigenvalue weighted by atomic mass is 16.2. The Hall–Kier alpha value is -1.36. The van der Waals surface area contributed by atoms with Crippen molar-refractivity contribution in [2.75, 3.05) is 6.54 Å². The molecule has 5 heteroatoms. The summed E-state index contributed by atoms with van der Waals surface area (Å²) in [5.41, 5.74) is 6.88. The van der Waals surface area contributed by atoms with Crippen LogP contribution >= 0.6 is 0 Å². The standard InChI is InChI=1S/C14H26N4O/c1-9(2)12(6-15)13-7-16-8-18(13)11(5)14(19)17-10(3)4/h7-12H,6,15H2,1-5H3,(H,17,19). The van der Waals surface area contributed by atoms with Gasteiger partial charge in [-0.2, -0.15) is 0 Å². The fraction of sp³-hybridized carbons (Fsp3) is 0.714. The van der Waals surface area contributed by atoms with E-state index in [1.165, 1.54) is 0 Å². The summed E-state index contributed by atoms with van der Waals surface area (Å²) in [6.07, 6.45) is 3.53. The number of amides is 1. The third kappa shape index (κ3) is 3.80. The Balaban J connectivity index is 2.96. The number of nitrogens with one attached hydrogen (secondary N) is 1. The second-order valence-corrected chi connectivity index (χ2v) is 5.65. The molecule has 1 amide bonds. The van der Waals surface area contributed by atoms with Crippen molar-refractivity contribution in [2.24, 2.45) is 11.7 Å². The summed E-state index contributed by atoms with van der Waals surface area (Å²) in [6, 6.07) is -0.134. The van der Waals surface area contributed by atoms with E-state index in [4.69, 9.17) is 5.73 Å². The zero-order valence-electron chi connectivity index (χ0n) is 12.6. The second kappa shape index (κ2) is 6.70. The Morgan fingerprint density at radius 2 is 2.00 bits per heavy atom. The third-order valence-corrected chi connectivity index (χ3v) is 3.36. The van der Waals surface area contributed by atoms with Crippen LogP contribution in [0.4, 0.5) is 0 Å². The van der Waals surface area contributed by atoms with Crippen molar-refractivity contribution < 1.29 is 4.79 Å². The van der Waals surface area contributed by atoms with E-state index >= 15 is 0 Å². The van der Waals surface area contributed by atoms with Crippen molar-refractivity contribution in [3.63, 3.8) is 0 Å². The quantitative estimate of drug-likeness (QED) is 0.822. The molecular formula is C14H26N4O. The molecule has 0 aliphatic carbocycles. The van der Waals surface area contributed by atoms with Crippen LogP contribution in [-0.4, -0.2) is 28.0 Å². The van der Waals surface area contributed by atoms with Crippen molar-refractivity contribution in [2.45, 2.75) is 52.6 Å². The lowest BCUT2D eigenvalue weighted by Crippen LogP contribution is -2.36. The zero-order valence-corrected chi connectivity index (χ0v) is 12.6. The number of imidazole rings is 1. The lowest BCUT2D eigenvalue weighted by Gasteiger charge is -2.24. The SMILES string of the molecule is CC(C)NC(=O)C(C)n1cncc1C(CN)C(C)C. The van der Waals surface area contributed by atoms with Gasteiger partial charge in [-0.15, -0.1) is 0 Å². The van der Waals surface area contributed by atoms with Gasteiger partial charge in [-0.25, -0.2) is 4.98 Å². The van der Waals surface area contributed by atoms with Crippen molar-refractivity contribution in [3.05, 3.63) is 18.2 Å². The normalized spacial score (nSPS) is 14.7. The van der Waals surface area contributed by atoms with E-state index in [0.29, 0.717) is 12.5 Å². The summed E-state index contributed by atoms with van der Waals surface area (Å²) in [5.74, 6) is 0.645. The molecule has 19 heavy (non-hydrogen) atoms. The van der Waals surface area contributed by atoms with Gasteiger partial charge in [0.05, 0.1) is 6.33 Å². The van der Waals surface area contributed by atoms with Crippen LogP contribution in [0, 0.1) is 5.92 Å². The molecule has 0 fully saturated rings. The van der Waals surface area contributed by atoms with Gasteiger partial charge in [0.15, 0.2) is 0 Å². The number of nitrogens with zero attached hydrogens (tertiary/aromatic N) is 2. The number of rotatable bonds is 6. The molecule has 3 N–H and O–H groups in total. The first kappa shape index (κ1) is 15.7. The van der Waals surface area contributed by atoms with Gasteiger partial charge in [0, 0.05) is 30.4 Å². The Bertz CT molecular complexity index is 411. The summed E-state index contributed by atoms with van der Waals surface area (Å²) in [7, 11) is 0. The number of hydrogen-bond acceptors (Lipinski definition) is 3. The molecule has 108 valence electrons. The smallest absolute Gasteiger partial charge is 0.243 e. The summed E-state index contributed by atoms with van der Waals surface area (Å²) in [5, 5.41) is 2.93. The molecule has 0 radical (unpaired) electrons. The van der Waals surface area contributed by atoms with Crippen LogP contribution in [0.25, 0.3) is 0 Å². The minimum absolute atomic E-state index is 0.00813. The molecule has 1 heterocycles. The molecule has 0 bridgehead atoms. The minimum Gasteiger partial charge on any atom is -0.352 e. The molecule has 1 aromatic rings. The van der Waals surface area contributed by atoms with Gasteiger partial charge in [0.2, 0.25) is 5.91 Å². The Morgan fingerprint density at radius 3 is 2.47 bits per heavy atom. The number of hydrogen-bond donors (Lipinski definition) is 2. The fourth-order valence-electron chi connectivity index (χ4n) is 2.19. The number of aromatic nitrogens is 2. The largest absolute Gasteiger partial charge is 0.352 e. The summed E-state index contributed by atoms with van der Waals surface area (Å²) in [6.45, 7) is 10.6. The van der Waals surface area contributed by atoms with Gasteiger partial charge in [-0.1, -0.05) is 13.8 Å². The van der Waals surface area contributed by atoms with Gasteiger partial charge >= 0.3 is 0 Å². The molecule has 1 rings (SSSR count). The van der Waals surface area contributed by atoms with E-state index in [2.05, 4.69) is 24.1 Å². The average molecular weight is 266 g/mol. The van der Waals surface area contributed by atoms with Gasteiger partial charge in [-0.3, -0.25) is 4.79 Å². The summed E-state index contributed by atoms with van der Waals surface area (Å²) in [4.78, 5) is 16.3. The van der Waals surface area contributed by atoms with Crippen LogP contribution in [-0.2, 0) is 4.79 Å². The molecule has 1 aromatic heterocycles. The van der Waals surface area contributed by atoms with E-state index in [-0.39, 0.29) is 23.9 Å². The van der Waals surface area contributed by atoms with Crippen LogP contribution < -0.4 is 11.1 Å². The topological polar surface area (TPSA) is 72.9 Å². The van der Waals surface area contributed by atoms with E-state index in [1.54, 1.807) is 6.33 Å². The molecule has 2 unspecified atom stereocenters. The molecule has 0 aromatic carbocycles. The summed E-state index contributed by atoms with van der Waals surface area (Å²) >= 11 is 0. The number of carbonyl (C=O) groups excluding carboxylic acids is 1. The monoisotopic (exact) mass is 266 g/mol. The van der Waals surface area contributed by atoms with Gasteiger partial charge < -0.3 is 15.6 Å². The Labute approximate surface area is 115 Å². The highest BCUT2D eigenvalue weighted by molar-refractivity contribution is 5.80. The fourth-order valence-corrected chi connectivity index (χ4v) is 2.19. The molecule has 5 nitrogen and oxygen atoms in total. The Kier molecular flexibility index (Phi) is 5.54. The van der Waals surface area contributed by atoms with E-state index < -0.39 is 0 Å². The van der Waals surface area contributed by atoms with E-state index in [1.807, 2.05) is 31.5 Å². The van der Waals surface area contributed by atoms with Crippen molar-refractivity contribution in [1.82, 2.24) is 14.9 Å². The molecule has 0 saturated heterocycles. The van der Waals surface area contributed by atoms with Crippen molar-refractivity contribution >= 4 is 5.91 Å². The van der Waals surface area contributed by atoms with Crippen LogP contribution in [0.1, 0.15) is 52.3 Å². The maximum absolute atomic E-state index is 12.1. The van der Waals surface area contributed by atoms with Gasteiger partial charge in [-0.05, 0) is 26.7 Å². The van der Waals surface area contributed by atoms with Crippen LogP contribution in [0.5, 0.6) is 0 Å². The number of carbonyl (C=O) groups is 1. The maximum Gasteiger partial charge on any atom is 0.243 e. The number of nitrogens with two attached hydrogens (primary N) is 1. The first-order valence-corrected chi connectivity index (χ1v) is 6.90. The van der Waals surface area contributed by atoms with E-state index in [9.17, 15) is 4.79 Å². The maximum atomic E-state index is 12.1. The lowest BCUT2D eigenvalue weighted by molar-refractivity contribution is -0.124. The van der Waals surface area contributed by atoms with Gasteiger partial charge in [0.1, 0.15) is 6.04 Å². The second-order valence-electron chi connectivity index (χ2n) is 5.65. The molecule has 0 aliphatic heterocycles. The minimum atomic E-state index is -0.271. The van der Waals surface area contributed by atoms with Crippen LogP contribution in [0.2, 0.25) is 0 Å². The third-order valence-electron chi connectivity index (χ3n) is 3.36. The first-order chi connectivity index (χ1) is 8.88. The van der Waals surface area contributed by atoms with Crippen LogP contribution in [0.3, 0.4) is 0 Å². The average Bonchev–Trinajstić information content (AvgIpc) is 2.76. The van der Waals surface area contributed by atoms with Crippen molar-refractivity contribution in [3.8, 4) is 0 Å². The predicted octanol–water partition coefficient (Wildman–Crippen LogP) is 1.67. The highest BCUT2D eigenvalue weighted by Gasteiger charge is 2.23. The first-order valence-electron chi connectivity index (χ1n) is 6.90. The molecule has 0 spiro atoms. The summed E-state index contributed by atoms with van der Waals surface area (Å²) < 4.78 is 1.93. The predicted molar refractivity (Wildman–Crippen MR) is 76.9 cm³/mol. The molecule has 0 saturated carbocycles. The lowest BCUT2D eigenvalue weighted by atomic mass is 9.92. The molecule has 0 aliphatic rings. The van der Waals surface area contributed by atoms with Gasteiger partial charge in [0.25, 0.3) is 0 Å². The van der Waals surface area contributed by atoms with Crippen molar-refractivity contribution in [1.29, 1.82) is 0 Å². The molecule has 2 atom stereocenters.